The number of rotatable bonds is 5. The van der Waals surface area contributed by atoms with Crippen molar-refractivity contribution in [1.82, 2.24) is 5.32 Å². The van der Waals surface area contributed by atoms with Crippen molar-refractivity contribution in [1.29, 1.82) is 0 Å². The van der Waals surface area contributed by atoms with Gasteiger partial charge < -0.3 is 15.8 Å². The first-order chi connectivity index (χ1) is 9.19. The van der Waals surface area contributed by atoms with Crippen molar-refractivity contribution in [3.63, 3.8) is 0 Å². The fourth-order valence-electron chi connectivity index (χ4n) is 1.21. The molecule has 4 nitrogen and oxygen atoms in total. The minimum absolute atomic E-state index is 0.0207. The van der Waals surface area contributed by atoms with Crippen LogP contribution < -0.4 is 15.8 Å². The average Bonchev–Trinajstić information content (AvgIpc) is 2.32. The largest absolute Gasteiger partial charge is 0.483 e. The van der Waals surface area contributed by atoms with E-state index in [1.165, 1.54) is 18.2 Å². The van der Waals surface area contributed by atoms with Gasteiger partial charge in [0.25, 0.3) is 5.91 Å². The van der Waals surface area contributed by atoms with Crippen molar-refractivity contribution in [3.05, 3.63) is 28.8 Å². The summed E-state index contributed by atoms with van der Waals surface area (Å²) in [6, 6.07) is 4.38. The average molecular weight is 327 g/mol. The summed E-state index contributed by atoms with van der Waals surface area (Å²) in [4.78, 5) is 11.2. The van der Waals surface area contributed by atoms with Crippen molar-refractivity contribution < 1.29 is 22.7 Å². The molecule has 1 aromatic rings. The number of thiocarbonyl (C=S) groups is 1. The first kappa shape index (κ1) is 16.5. The molecule has 0 saturated carbocycles. The Balaban J connectivity index is 2.63. The summed E-state index contributed by atoms with van der Waals surface area (Å²) in [6.07, 6.45) is -4.48. The maximum absolute atomic E-state index is 11.9. The molecule has 0 fully saturated rings. The number of nitrogens with one attached hydrogen (secondary N) is 1. The molecule has 0 spiro atoms. The van der Waals surface area contributed by atoms with Gasteiger partial charge in [0.05, 0.1) is 5.56 Å². The van der Waals surface area contributed by atoms with Crippen LogP contribution in [-0.2, 0) is 4.79 Å². The summed E-state index contributed by atoms with van der Waals surface area (Å²) in [7, 11) is 0. The highest BCUT2D eigenvalue weighted by Gasteiger charge is 2.27. The number of hydrogen-bond acceptors (Lipinski definition) is 3. The second-order valence-corrected chi connectivity index (χ2v) is 4.56. The first-order valence-corrected chi connectivity index (χ1v) is 6.03. The van der Waals surface area contributed by atoms with Gasteiger partial charge in [0, 0.05) is 5.02 Å². The predicted molar refractivity (Wildman–Crippen MR) is 71.9 cm³/mol. The van der Waals surface area contributed by atoms with Crippen molar-refractivity contribution in [3.8, 4) is 5.75 Å². The molecule has 110 valence electrons. The van der Waals surface area contributed by atoms with E-state index in [1.54, 1.807) is 5.32 Å². The summed E-state index contributed by atoms with van der Waals surface area (Å²) in [5, 5.41) is 1.99. The Bertz CT molecular complexity index is 523. The van der Waals surface area contributed by atoms with Gasteiger partial charge >= 0.3 is 6.18 Å². The fraction of sp³-hybridized carbons (Fsp3) is 0.273. The van der Waals surface area contributed by atoms with Gasteiger partial charge in [-0.25, -0.2) is 0 Å². The molecule has 0 aromatic heterocycles. The zero-order chi connectivity index (χ0) is 15.3. The Hall–Kier alpha value is -1.54. The molecule has 3 N–H and O–H groups in total. The quantitative estimate of drug-likeness (QED) is 0.813. The lowest BCUT2D eigenvalue weighted by Crippen LogP contribution is -2.36. The second-order valence-electron chi connectivity index (χ2n) is 3.69. The van der Waals surface area contributed by atoms with Crippen molar-refractivity contribution >= 4 is 34.7 Å². The Morgan fingerprint density at radius 3 is 2.65 bits per heavy atom. The number of halogens is 4. The Labute approximate surface area is 123 Å². The third-order valence-corrected chi connectivity index (χ3v) is 2.51. The van der Waals surface area contributed by atoms with Gasteiger partial charge in [-0.3, -0.25) is 4.79 Å². The smallest absolute Gasteiger partial charge is 0.405 e. The molecular formula is C11H10ClF3N2O2S. The lowest BCUT2D eigenvalue weighted by molar-refractivity contribution is -0.139. The van der Waals surface area contributed by atoms with E-state index < -0.39 is 25.2 Å². The van der Waals surface area contributed by atoms with E-state index in [9.17, 15) is 18.0 Å². The van der Waals surface area contributed by atoms with E-state index in [0.717, 1.165) is 0 Å². The van der Waals surface area contributed by atoms with E-state index in [1.807, 2.05) is 0 Å². The number of hydrogen-bond donors (Lipinski definition) is 2. The number of nitrogens with two attached hydrogens (primary N) is 1. The van der Waals surface area contributed by atoms with Gasteiger partial charge in [-0.05, 0) is 18.2 Å². The molecule has 0 radical (unpaired) electrons. The van der Waals surface area contributed by atoms with Crippen LogP contribution in [-0.4, -0.2) is 30.2 Å². The summed E-state index contributed by atoms with van der Waals surface area (Å²) < 4.78 is 40.8. The Morgan fingerprint density at radius 1 is 1.45 bits per heavy atom. The Kier molecular flexibility index (Phi) is 5.58. The summed E-state index contributed by atoms with van der Waals surface area (Å²) in [5.41, 5.74) is 5.79. The lowest BCUT2D eigenvalue weighted by atomic mass is 10.2. The predicted octanol–water partition coefficient (Wildman–Crippen LogP) is 2.03. The number of carbonyl (C=O) groups excluding carboxylic acids is 1. The van der Waals surface area contributed by atoms with Crippen LogP contribution in [0.3, 0.4) is 0 Å². The third kappa shape index (κ3) is 5.62. The molecule has 0 aliphatic rings. The molecule has 9 heteroatoms. The molecule has 0 saturated heterocycles. The van der Waals surface area contributed by atoms with Crippen molar-refractivity contribution in [2.45, 2.75) is 6.18 Å². The standard InChI is InChI=1S/C11H10ClF3N2O2S/c12-6-1-2-7(10(16)20)8(3-6)19-4-9(18)17-5-11(13,14)15/h1-3H,4-5H2,(H2,16,20)(H,17,18). The van der Waals surface area contributed by atoms with Crippen molar-refractivity contribution in [2.75, 3.05) is 13.2 Å². The van der Waals surface area contributed by atoms with Gasteiger partial charge in [0.15, 0.2) is 6.61 Å². The van der Waals surface area contributed by atoms with Crippen LogP contribution in [0.2, 0.25) is 5.02 Å². The van der Waals surface area contributed by atoms with Crippen LogP contribution in [0.25, 0.3) is 0 Å². The van der Waals surface area contributed by atoms with Crippen LogP contribution in [0, 0.1) is 0 Å². The van der Waals surface area contributed by atoms with E-state index in [-0.39, 0.29) is 10.7 Å². The topological polar surface area (TPSA) is 64.3 Å². The molecule has 1 amide bonds. The number of ether oxygens (including phenoxy) is 1. The highest BCUT2D eigenvalue weighted by atomic mass is 35.5. The van der Waals surface area contributed by atoms with Gasteiger partial charge in [0.1, 0.15) is 17.3 Å². The van der Waals surface area contributed by atoms with Gasteiger partial charge in [-0.1, -0.05) is 23.8 Å². The first-order valence-electron chi connectivity index (χ1n) is 5.24. The van der Waals surface area contributed by atoms with E-state index in [0.29, 0.717) is 10.6 Å². The molecule has 1 aromatic carbocycles. The monoisotopic (exact) mass is 326 g/mol. The third-order valence-electron chi connectivity index (χ3n) is 2.05. The highest BCUT2D eigenvalue weighted by molar-refractivity contribution is 7.80. The SMILES string of the molecule is NC(=S)c1ccc(Cl)cc1OCC(=O)NCC(F)(F)F. The summed E-state index contributed by atoms with van der Waals surface area (Å²) >= 11 is 10.5. The zero-order valence-electron chi connectivity index (χ0n) is 9.96. The van der Waals surface area contributed by atoms with Gasteiger partial charge in [-0.2, -0.15) is 13.2 Å². The number of alkyl halides is 3. The molecule has 0 aliphatic heterocycles. The minimum Gasteiger partial charge on any atom is -0.483 e. The Morgan fingerprint density at radius 2 is 2.10 bits per heavy atom. The zero-order valence-corrected chi connectivity index (χ0v) is 11.5. The van der Waals surface area contributed by atoms with Gasteiger partial charge in [-0.15, -0.1) is 0 Å². The number of benzene rings is 1. The highest BCUT2D eigenvalue weighted by Crippen LogP contribution is 2.23. The molecule has 20 heavy (non-hydrogen) atoms. The van der Waals surface area contributed by atoms with E-state index >= 15 is 0 Å². The van der Waals surface area contributed by atoms with Crippen LogP contribution in [0.5, 0.6) is 5.75 Å². The minimum atomic E-state index is -4.48. The molecule has 0 unspecified atom stereocenters. The maximum Gasteiger partial charge on any atom is 0.405 e. The molecule has 0 heterocycles. The molecular weight excluding hydrogens is 317 g/mol. The normalized spacial score (nSPS) is 11.0. The van der Waals surface area contributed by atoms with Gasteiger partial charge in [0.2, 0.25) is 0 Å². The van der Waals surface area contributed by atoms with Crippen LogP contribution in [0.4, 0.5) is 13.2 Å². The number of amides is 1. The van der Waals surface area contributed by atoms with Crippen LogP contribution in [0.1, 0.15) is 5.56 Å². The number of carbonyl (C=O) groups is 1. The molecule has 0 aliphatic carbocycles. The van der Waals surface area contributed by atoms with E-state index in [4.69, 9.17) is 34.3 Å². The molecule has 1 rings (SSSR count). The maximum atomic E-state index is 11.9. The molecule has 0 bridgehead atoms. The summed E-state index contributed by atoms with van der Waals surface area (Å²) in [5.74, 6) is -0.789. The lowest BCUT2D eigenvalue weighted by Gasteiger charge is -2.12. The van der Waals surface area contributed by atoms with E-state index in [2.05, 4.69) is 0 Å². The van der Waals surface area contributed by atoms with Crippen molar-refractivity contribution in [2.24, 2.45) is 5.73 Å². The summed E-state index contributed by atoms with van der Waals surface area (Å²) in [6.45, 7) is -2.03. The van der Waals surface area contributed by atoms with Crippen LogP contribution >= 0.6 is 23.8 Å². The fourth-order valence-corrected chi connectivity index (χ4v) is 1.54. The second kappa shape index (κ2) is 6.76. The molecule has 0 atom stereocenters. The van der Waals surface area contributed by atoms with Crippen LogP contribution in [0.15, 0.2) is 18.2 Å².